The zero-order valence-electron chi connectivity index (χ0n) is 12.6. The van der Waals surface area contributed by atoms with Crippen molar-refractivity contribution in [1.82, 2.24) is 4.90 Å². The van der Waals surface area contributed by atoms with Crippen molar-refractivity contribution < 1.29 is 14.3 Å². The first-order valence-electron chi connectivity index (χ1n) is 8.18. The predicted molar refractivity (Wildman–Crippen MR) is 77.2 cm³/mol. The van der Waals surface area contributed by atoms with Gasteiger partial charge in [-0.15, -0.1) is 0 Å². The molecular weight excluding hydrogens is 254 g/mol. The van der Waals surface area contributed by atoms with Crippen LogP contribution < -0.4 is 0 Å². The van der Waals surface area contributed by atoms with E-state index in [-0.39, 0.29) is 17.9 Å². The van der Waals surface area contributed by atoms with Crippen molar-refractivity contribution in [3.05, 3.63) is 0 Å². The summed E-state index contributed by atoms with van der Waals surface area (Å²) in [6.45, 7) is 2.92. The Morgan fingerprint density at radius 3 is 2.45 bits per heavy atom. The number of ether oxygens (including phenoxy) is 1. The zero-order valence-corrected chi connectivity index (χ0v) is 12.6. The molecule has 1 aliphatic heterocycles. The van der Waals surface area contributed by atoms with Gasteiger partial charge in [0.2, 0.25) is 5.91 Å². The molecule has 0 bridgehead atoms. The van der Waals surface area contributed by atoms with Crippen molar-refractivity contribution in [2.24, 2.45) is 5.92 Å². The van der Waals surface area contributed by atoms with Crippen LogP contribution in [0.25, 0.3) is 0 Å². The van der Waals surface area contributed by atoms with Crippen LogP contribution in [0.3, 0.4) is 0 Å². The Kier molecular flexibility index (Phi) is 5.86. The zero-order chi connectivity index (χ0) is 14.4. The Balaban J connectivity index is 1.92. The van der Waals surface area contributed by atoms with E-state index in [4.69, 9.17) is 4.74 Å². The van der Waals surface area contributed by atoms with E-state index in [0.717, 1.165) is 25.8 Å². The molecule has 2 aliphatic rings. The first-order valence-corrected chi connectivity index (χ1v) is 8.18. The molecular formula is C16H27NO3. The van der Waals surface area contributed by atoms with Crippen LogP contribution in [0.1, 0.15) is 64.7 Å². The average Bonchev–Trinajstić information content (AvgIpc) is 2.48. The van der Waals surface area contributed by atoms with Crippen molar-refractivity contribution in [2.75, 3.05) is 13.2 Å². The van der Waals surface area contributed by atoms with Crippen LogP contribution in [0.2, 0.25) is 0 Å². The Labute approximate surface area is 121 Å². The maximum atomic E-state index is 12.5. The van der Waals surface area contributed by atoms with E-state index in [0.29, 0.717) is 18.9 Å². The van der Waals surface area contributed by atoms with Crippen LogP contribution in [-0.2, 0) is 14.3 Å². The fourth-order valence-corrected chi connectivity index (χ4v) is 3.47. The third kappa shape index (κ3) is 3.97. The normalized spacial score (nSPS) is 24.4. The summed E-state index contributed by atoms with van der Waals surface area (Å²) < 4.78 is 5.12. The molecule has 0 N–H and O–H groups in total. The summed E-state index contributed by atoms with van der Waals surface area (Å²) in [5.74, 6) is 0.472. The Morgan fingerprint density at radius 2 is 1.75 bits per heavy atom. The van der Waals surface area contributed by atoms with Crippen molar-refractivity contribution >= 4 is 11.9 Å². The molecule has 114 valence electrons. The number of carbonyl (C=O) groups excluding carboxylic acids is 2. The highest BCUT2D eigenvalue weighted by Crippen LogP contribution is 2.28. The second-order valence-corrected chi connectivity index (χ2v) is 6.06. The van der Waals surface area contributed by atoms with Gasteiger partial charge < -0.3 is 9.64 Å². The number of hydrogen-bond acceptors (Lipinski definition) is 3. The van der Waals surface area contributed by atoms with E-state index in [1.165, 1.54) is 32.1 Å². The fourth-order valence-electron chi connectivity index (χ4n) is 3.47. The first kappa shape index (κ1) is 15.3. The molecule has 1 unspecified atom stereocenters. The number of hydrogen-bond donors (Lipinski definition) is 0. The monoisotopic (exact) mass is 281 g/mol. The second kappa shape index (κ2) is 7.65. The fraction of sp³-hybridized carbons (Fsp3) is 0.875. The number of nitrogens with zero attached hydrogens (tertiary/aromatic N) is 1. The van der Waals surface area contributed by atoms with E-state index in [2.05, 4.69) is 0 Å². The molecule has 2 fully saturated rings. The number of carbonyl (C=O) groups is 2. The van der Waals surface area contributed by atoms with Crippen LogP contribution in [0.15, 0.2) is 0 Å². The van der Waals surface area contributed by atoms with E-state index in [1.807, 2.05) is 6.92 Å². The number of likely N-dealkylation sites (tertiary alicyclic amines) is 1. The van der Waals surface area contributed by atoms with Gasteiger partial charge in [-0.05, 0) is 44.9 Å². The lowest BCUT2D eigenvalue weighted by atomic mass is 9.86. The number of esters is 1. The van der Waals surface area contributed by atoms with Crippen LogP contribution in [0.4, 0.5) is 0 Å². The van der Waals surface area contributed by atoms with E-state index in [1.54, 1.807) is 4.90 Å². The van der Waals surface area contributed by atoms with E-state index >= 15 is 0 Å². The standard InChI is InChI=1S/C16H27NO3/c1-2-20-16(19)14-10-6-7-11-17(14)15(18)12-13-8-4-3-5-9-13/h13-14H,2-12H2,1H3. The Morgan fingerprint density at radius 1 is 1.05 bits per heavy atom. The van der Waals surface area contributed by atoms with Gasteiger partial charge in [-0.3, -0.25) is 4.79 Å². The minimum atomic E-state index is -0.334. The smallest absolute Gasteiger partial charge is 0.328 e. The summed E-state index contributed by atoms with van der Waals surface area (Å²) in [5, 5.41) is 0. The lowest BCUT2D eigenvalue weighted by molar-refractivity contribution is -0.157. The van der Waals surface area contributed by atoms with E-state index < -0.39 is 0 Å². The molecule has 0 aromatic heterocycles. The summed E-state index contributed by atoms with van der Waals surface area (Å²) in [6.07, 6.45) is 9.54. The number of piperidine rings is 1. The highest BCUT2D eigenvalue weighted by Gasteiger charge is 2.33. The molecule has 2 rings (SSSR count). The first-order chi connectivity index (χ1) is 9.72. The molecule has 1 amide bonds. The molecule has 4 heteroatoms. The molecule has 0 aromatic rings. The molecule has 0 radical (unpaired) electrons. The summed E-state index contributed by atoms with van der Waals surface area (Å²) in [7, 11) is 0. The van der Waals surface area contributed by atoms with Gasteiger partial charge in [0.15, 0.2) is 0 Å². The van der Waals surface area contributed by atoms with Crippen LogP contribution in [0, 0.1) is 5.92 Å². The SMILES string of the molecule is CCOC(=O)C1CCCCN1C(=O)CC1CCCCC1. The van der Waals surface area contributed by atoms with Crippen molar-refractivity contribution in [1.29, 1.82) is 0 Å². The third-order valence-electron chi connectivity index (χ3n) is 4.57. The van der Waals surface area contributed by atoms with Crippen molar-refractivity contribution in [3.63, 3.8) is 0 Å². The van der Waals surface area contributed by atoms with E-state index in [9.17, 15) is 9.59 Å². The quantitative estimate of drug-likeness (QED) is 0.744. The average molecular weight is 281 g/mol. The highest BCUT2D eigenvalue weighted by molar-refractivity contribution is 5.84. The Bertz CT molecular complexity index is 337. The molecule has 1 saturated heterocycles. The van der Waals surface area contributed by atoms with Crippen LogP contribution >= 0.6 is 0 Å². The molecule has 1 atom stereocenters. The van der Waals surface area contributed by atoms with Gasteiger partial charge in [-0.25, -0.2) is 4.79 Å². The van der Waals surface area contributed by atoms with Gasteiger partial charge in [0.1, 0.15) is 6.04 Å². The molecule has 0 spiro atoms. The van der Waals surface area contributed by atoms with Gasteiger partial charge in [-0.1, -0.05) is 19.3 Å². The van der Waals surface area contributed by atoms with Gasteiger partial charge in [0.25, 0.3) is 0 Å². The maximum Gasteiger partial charge on any atom is 0.328 e. The van der Waals surface area contributed by atoms with Crippen LogP contribution in [0.5, 0.6) is 0 Å². The van der Waals surface area contributed by atoms with Gasteiger partial charge >= 0.3 is 5.97 Å². The molecule has 1 aliphatic carbocycles. The minimum absolute atomic E-state index is 0.162. The largest absolute Gasteiger partial charge is 0.464 e. The van der Waals surface area contributed by atoms with Gasteiger partial charge in [0, 0.05) is 13.0 Å². The highest BCUT2D eigenvalue weighted by atomic mass is 16.5. The number of amides is 1. The molecule has 0 aromatic carbocycles. The minimum Gasteiger partial charge on any atom is -0.464 e. The summed E-state index contributed by atoms with van der Waals surface area (Å²) in [4.78, 5) is 26.3. The molecule has 1 saturated carbocycles. The summed E-state index contributed by atoms with van der Waals surface area (Å²) in [5.41, 5.74) is 0. The molecule has 4 nitrogen and oxygen atoms in total. The van der Waals surface area contributed by atoms with Gasteiger partial charge in [-0.2, -0.15) is 0 Å². The number of rotatable bonds is 4. The third-order valence-corrected chi connectivity index (χ3v) is 4.57. The molecule has 1 heterocycles. The Hall–Kier alpha value is -1.06. The summed E-state index contributed by atoms with van der Waals surface area (Å²) >= 11 is 0. The predicted octanol–water partition coefficient (Wildman–Crippen LogP) is 2.90. The summed E-state index contributed by atoms with van der Waals surface area (Å²) in [6, 6.07) is -0.334. The van der Waals surface area contributed by atoms with Gasteiger partial charge in [0.05, 0.1) is 6.61 Å². The van der Waals surface area contributed by atoms with Crippen LogP contribution in [-0.4, -0.2) is 36.0 Å². The second-order valence-electron chi connectivity index (χ2n) is 6.06. The maximum absolute atomic E-state index is 12.5. The topological polar surface area (TPSA) is 46.6 Å². The lowest BCUT2D eigenvalue weighted by Crippen LogP contribution is -2.49. The molecule has 20 heavy (non-hydrogen) atoms. The lowest BCUT2D eigenvalue weighted by Gasteiger charge is -2.35. The van der Waals surface area contributed by atoms with Crippen molar-refractivity contribution in [3.8, 4) is 0 Å². The van der Waals surface area contributed by atoms with Crippen molar-refractivity contribution in [2.45, 2.75) is 70.8 Å².